The molecule has 2 saturated carbocycles. The summed E-state index contributed by atoms with van der Waals surface area (Å²) in [6.45, 7) is 3.48. The summed E-state index contributed by atoms with van der Waals surface area (Å²) in [5, 5.41) is 28.3. The van der Waals surface area contributed by atoms with Crippen LogP contribution in [0, 0.1) is 29.0 Å². The van der Waals surface area contributed by atoms with Crippen LogP contribution in [0.25, 0.3) is 11.2 Å². The minimum Gasteiger partial charge on any atom is -0.389 e. The average Bonchev–Trinajstić information content (AvgIpc) is 3.59. The van der Waals surface area contributed by atoms with Gasteiger partial charge >= 0.3 is 0 Å². The lowest BCUT2D eigenvalue weighted by atomic mass is 9.77. The van der Waals surface area contributed by atoms with Gasteiger partial charge < -0.3 is 25.4 Å². The Balaban J connectivity index is 1.42. The predicted molar refractivity (Wildman–Crippen MR) is 151 cm³/mol. The Kier molecular flexibility index (Phi) is 6.72. The minimum absolute atomic E-state index is 0.138. The maximum absolute atomic E-state index is 13.7. The van der Waals surface area contributed by atoms with Crippen LogP contribution in [-0.4, -0.2) is 60.9 Å². The third-order valence-corrected chi connectivity index (χ3v) is 8.69. The van der Waals surface area contributed by atoms with Gasteiger partial charge in [0.1, 0.15) is 11.9 Å². The van der Waals surface area contributed by atoms with Gasteiger partial charge in [-0.1, -0.05) is 49.2 Å². The van der Waals surface area contributed by atoms with Crippen LogP contribution in [0.4, 0.5) is 10.2 Å². The number of rotatable bonds is 5. The summed E-state index contributed by atoms with van der Waals surface area (Å²) in [5.74, 6) is 5.66. The molecule has 2 aliphatic rings. The van der Waals surface area contributed by atoms with Crippen LogP contribution in [0.3, 0.4) is 0 Å². The zero-order chi connectivity index (χ0) is 28.9. The largest absolute Gasteiger partial charge is 0.389 e. The summed E-state index contributed by atoms with van der Waals surface area (Å²) >= 11 is 0. The molecule has 6 rings (SSSR count). The number of carbonyl (C=O) groups is 1. The summed E-state index contributed by atoms with van der Waals surface area (Å²) in [5.41, 5.74) is 1.37. The van der Waals surface area contributed by atoms with Gasteiger partial charge in [0.15, 0.2) is 17.0 Å². The fourth-order valence-electron chi connectivity index (χ4n) is 6.06. The number of carbonyl (C=O) groups excluding carboxylic acids is 1. The normalized spacial score (nSPS) is 28.6. The molecule has 2 heterocycles. The summed E-state index contributed by atoms with van der Waals surface area (Å²) < 4.78 is 15.4. The van der Waals surface area contributed by atoms with Crippen molar-refractivity contribution in [3.63, 3.8) is 0 Å². The number of amides is 1. The van der Waals surface area contributed by atoms with Gasteiger partial charge in [-0.2, -0.15) is 0 Å². The van der Waals surface area contributed by atoms with Gasteiger partial charge in [-0.3, -0.25) is 4.79 Å². The Labute approximate surface area is 236 Å². The molecule has 9 nitrogen and oxygen atoms in total. The number of halogens is 1. The van der Waals surface area contributed by atoms with Crippen molar-refractivity contribution in [2.75, 3.05) is 12.4 Å². The Morgan fingerprint density at radius 3 is 2.63 bits per heavy atom. The molecule has 2 aliphatic carbocycles. The van der Waals surface area contributed by atoms with Crippen LogP contribution in [0.15, 0.2) is 60.9 Å². The number of imidazole rings is 1. The molecule has 10 heteroatoms. The Morgan fingerprint density at radius 2 is 1.90 bits per heavy atom. The van der Waals surface area contributed by atoms with Gasteiger partial charge in [0.25, 0.3) is 0 Å². The van der Waals surface area contributed by atoms with E-state index in [4.69, 9.17) is 0 Å². The molecule has 3 unspecified atom stereocenters. The standard InChI is InChI=1S/C31H31FN6O3/c1-17-25(26(39)27(40)31(17,2)30(41)33-3)38-16-34-24-28(35-22-15-21(22)19-9-5-4-6-10-19)36-23(37-29(24)38)13-12-18-8-7-11-20(32)14-18/h4-11,14,16-17,21-22,25-27,39-40H,15H2,1-3H3,(H,33,41)(H,35,36,37)/t17-,21?,22?,25-,26+,27+,31?/m1/s1. The van der Waals surface area contributed by atoms with Crippen LogP contribution in [0.5, 0.6) is 0 Å². The minimum atomic E-state index is -1.30. The fourth-order valence-corrected chi connectivity index (χ4v) is 6.06. The molecule has 41 heavy (non-hydrogen) atoms. The Morgan fingerprint density at radius 1 is 1.12 bits per heavy atom. The molecule has 2 fully saturated rings. The molecular formula is C31H31FN6O3. The second-order valence-electron chi connectivity index (χ2n) is 11.1. The highest BCUT2D eigenvalue weighted by molar-refractivity contribution is 5.85. The second-order valence-corrected chi connectivity index (χ2v) is 11.1. The van der Waals surface area contributed by atoms with E-state index in [1.807, 2.05) is 25.1 Å². The topological polar surface area (TPSA) is 125 Å². The third-order valence-electron chi connectivity index (χ3n) is 8.69. The molecule has 1 amide bonds. The van der Waals surface area contributed by atoms with Crippen LogP contribution in [0.2, 0.25) is 0 Å². The molecule has 4 N–H and O–H groups in total. The number of aromatic nitrogens is 4. The highest BCUT2D eigenvalue weighted by Crippen LogP contribution is 2.50. The maximum atomic E-state index is 13.7. The first-order valence-corrected chi connectivity index (χ1v) is 13.6. The molecule has 0 saturated heterocycles. The smallest absolute Gasteiger partial charge is 0.228 e. The maximum Gasteiger partial charge on any atom is 0.228 e. The highest BCUT2D eigenvalue weighted by Gasteiger charge is 2.60. The van der Waals surface area contributed by atoms with Crippen molar-refractivity contribution in [1.29, 1.82) is 0 Å². The summed E-state index contributed by atoms with van der Waals surface area (Å²) in [7, 11) is 1.51. The molecular weight excluding hydrogens is 523 g/mol. The van der Waals surface area contributed by atoms with Crippen molar-refractivity contribution < 1.29 is 19.4 Å². The van der Waals surface area contributed by atoms with E-state index < -0.39 is 35.4 Å². The highest BCUT2D eigenvalue weighted by atomic mass is 19.1. The van der Waals surface area contributed by atoms with Gasteiger partial charge in [0.05, 0.1) is 23.9 Å². The van der Waals surface area contributed by atoms with Gasteiger partial charge in [0, 0.05) is 24.6 Å². The number of aliphatic hydroxyl groups excluding tert-OH is 2. The summed E-state index contributed by atoms with van der Waals surface area (Å²) in [6, 6.07) is 15.6. The van der Waals surface area contributed by atoms with Crippen molar-refractivity contribution in [3.05, 3.63) is 83.7 Å². The number of hydrogen-bond acceptors (Lipinski definition) is 7. The number of benzene rings is 2. The van der Waals surface area contributed by atoms with E-state index in [-0.39, 0.29) is 17.8 Å². The van der Waals surface area contributed by atoms with E-state index in [0.717, 1.165) is 6.42 Å². The molecule has 2 aromatic heterocycles. The van der Waals surface area contributed by atoms with E-state index in [1.54, 1.807) is 30.0 Å². The molecule has 0 spiro atoms. The van der Waals surface area contributed by atoms with E-state index in [1.165, 1.54) is 24.7 Å². The van der Waals surface area contributed by atoms with Gasteiger partial charge in [-0.15, -0.1) is 0 Å². The van der Waals surface area contributed by atoms with Crippen LogP contribution < -0.4 is 10.6 Å². The molecule has 2 aromatic carbocycles. The first-order valence-electron chi connectivity index (χ1n) is 13.6. The lowest BCUT2D eigenvalue weighted by molar-refractivity contribution is -0.139. The predicted octanol–water partition coefficient (Wildman–Crippen LogP) is 3.00. The van der Waals surface area contributed by atoms with Crippen LogP contribution in [-0.2, 0) is 4.79 Å². The van der Waals surface area contributed by atoms with Crippen molar-refractivity contribution in [1.82, 2.24) is 24.8 Å². The van der Waals surface area contributed by atoms with E-state index >= 15 is 0 Å². The lowest BCUT2D eigenvalue weighted by Gasteiger charge is -2.31. The molecule has 0 aliphatic heterocycles. The van der Waals surface area contributed by atoms with Crippen molar-refractivity contribution in [2.45, 2.75) is 50.5 Å². The van der Waals surface area contributed by atoms with Crippen molar-refractivity contribution >= 4 is 22.9 Å². The van der Waals surface area contributed by atoms with Crippen molar-refractivity contribution in [3.8, 4) is 11.8 Å². The molecule has 4 aromatic rings. The Hall–Kier alpha value is -4.33. The number of nitrogens with one attached hydrogen (secondary N) is 2. The van der Waals surface area contributed by atoms with Gasteiger partial charge in [-0.05, 0) is 48.9 Å². The number of nitrogens with zero attached hydrogens (tertiary/aromatic N) is 4. The number of fused-ring (bicyclic) bond motifs is 1. The van der Waals surface area contributed by atoms with Gasteiger partial charge in [0.2, 0.25) is 11.7 Å². The van der Waals surface area contributed by atoms with Crippen LogP contribution >= 0.6 is 0 Å². The first kappa shape index (κ1) is 26.9. The SMILES string of the molecule is CNC(=O)C1(C)[C@H](C)[C@@H](n2cnc3c(NC4CC4c4ccccc4)nc(C#Cc4cccc(F)c4)nc32)[C@H](O)[C@@H]1O. The monoisotopic (exact) mass is 554 g/mol. The van der Waals surface area contributed by atoms with E-state index in [2.05, 4.69) is 49.6 Å². The van der Waals surface area contributed by atoms with Crippen LogP contribution in [0.1, 0.15) is 49.2 Å². The third kappa shape index (κ3) is 4.61. The molecule has 0 bridgehead atoms. The first-order chi connectivity index (χ1) is 19.7. The fraction of sp³-hybridized carbons (Fsp3) is 0.355. The molecule has 210 valence electrons. The van der Waals surface area contributed by atoms with Crippen molar-refractivity contribution in [2.24, 2.45) is 11.3 Å². The molecule has 7 atom stereocenters. The average molecular weight is 555 g/mol. The van der Waals surface area contributed by atoms with Gasteiger partial charge in [-0.25, -0.2) is 19.3 Å². The summed E-state index contributed by atoms with van der Waals surface area (Å²) in [4.78, 5) is 26.8. The van der Waals surface area contributed by atoms with E-state index in [9.17, 15) is 19.4 Å². The zero-order valence-corrected chi connectivity index (χ0v) is 22.9. The number of aliphatic hydroxyl groups is 2. The second kappa shape index (κ2) is 10.3. The quantitative estimate of drug-likeness (QED) is 0.280. The number of anilines is 1. The Bertz CT molecular complexity index is 1680. The molecule has 0 radical (unpaired) electrons. The summed E-state index contributed by atoms with van der Waals surface area (Å²) in [6.07, 6.45) is -0.0634. The number of hydrogen-bond donors (Lipinski definition) is 4. The van der Waals surface area contributed by atoms with E-state index in [0.29, 0.717) is 28.5 Å². The lowest BCUT2D eigenvalue weighted by Crippen LogP contribution is -2.47. The zero-order valence-electron chi connectivity index (χ0n) is 22.9.